The second-order valence-electron chi connectivity index (χ2n) is 4.31. The topological polar surface area (TPSA) is 35.2 Å². The van der Waals surface area contributed by atoms with Gasteiger partial charge in [0.1, 0.15) is 5.60 Å². The number of halogens is 2. The average molecular weight is 229 g/mol. The number of hydrogen-bond donors (Lipinski definition) is 1. The molecule has 1 aromatic carbocycles. The fourth-order valence-electron chi connectivity index (χ4n) is 1.18. The van der Waals surface area contributed by atoms with E-state index in [-0.39, 0.29) is 12.3 Å². The maximum atomic E-state index is 13.5. The lowest BCUT2D eigenvalue weighted by atomic mass is 10.1. The highest BCUT2D eigenvalue weighted by atomic mass is 19.1. The first-order chi connectivity index (χ1) is 7.39. The molecule has 16 heavy (non-hydrogen) atoms. The van der Waals surface area contributed by atoms with Gasteiger partial charge in [0.2, 0.25) is 0 Å². The van der Waals surface area contributed by atoms with E-state index < -0.39 is 17.2 Å². The third kappa shape index (κ3) is 2.92. The maximum absolute atomic E-state index is 13.5. The second kappa shape index (κ2) is 4.78. The third-order valence-corrected chi connectivity index (χ3v) is 2.52. The Kier molecular flexibility index (Phi) is 3.86. The van der Waals surface area contributed by atoms with Crippen LogP contribution in [0.25, 0.3) is 0 Å². The minimum atomic E-state index is -0.707. The summed E-state index contributed by atoms with van der Waals surface area (Å²) in [7, 11) is 0. The van der Waals surface area contributed by atoms with Crippen LogP contribution in [0.2, 0.25) is 0 Å². The zero-order chi connectivity index (χ0) is 12.3. The highest BCUT2D eigenvalue weighted by molar-refractivity contribution is 5.31. The van der Waals surface area contributed by atoms with Gasteiger partial charge in [-0.15, -0.1) is 0 Å². The van der Waals surface area contributed by atoms with Gasteiger partial charge in [0.05, 0.1) is 0 Å². The molecule has 0 aliphatic carbocycles. The zero-order valence-electron chi connectivity index (χ0n) is 9.81. The Bertz CT molecular complexity index is 354. The van der Waals surface area contributed by atoms with Crippen LogP contribution < -0.4 is 10.5 Å². The summed E-state index contributed by atoms with van der Waals surface area (Å²) in [5.74, 6) is -1.74. The molecule has 0 bridgehead atoms. The van der Waals surface area contributed by atoms with Gasteiger partial charge in [0.15, 0.2) is 17.4 Å². The molecule has 0 heterocycles. The molecule has 90 valence electrons. The zero-order valence-corrected chi connectivity index (χ0v) is 9.81. The Hall–Kier alpha value is -1.16. The van der Waals surface area contributed by atoms with Gasteiger partial charge < -0.3 is 10.5 Å². The number of nitrogens with two attached hydrogens (primary N) is 1. The molecule has 0 aliphatic heterocycles. The van der Waals surface area contributed by atoms with E-state index in [1.165, 1.54) is 12.1 Å². The molecular formula is C12H17F2NO. The lowest BCUT2D eigenvalue weighted by Crippen LogP contribution is -2.27. The molecule has 4 heteroatoms. The number of hydrogen-bond acceptors (Lipinski definition) is 2. The monoisotopic (exact) mass is 229 g/mol. The summed E-state index contributed by atoms with van der Waals surface area (Å²) in [6.07, 6.45) is 0.657. The molecule has 1 rings (SSSR count). The van der Waals surface area contributed by atoms with Gasteiger partial charge in [0.25, 0.3) is 0 Å². The predicted molar refractivity (Wildman–Crippen MR) is 59.2 cm³/mol. The molecule has 0 fully saturated rings. The van der Waals surface area contributed by atoms with E-state index in [9.17, 15) is 8.78 Å². The molecule has 2 N–H and O–H groups in total. The fourth-order valence-corrected chi connectivity index (χ4v) is 1.18. The Morgan fingerprint density at radius 2 is 1.75 bits per heavy atom. The van der Waals surface area contributed by atoms with Crippen molar-refractivity contribution >= 4 is 0 Å². The summed E-state index contributed by atoms with van der Waals surface area (Å²) in [6.45, 7) is 5.56. The van der Waals surface area contributed by atoms with Crippen LogP contribution in [0.15, 0.2) is 12.1 Å². The van der Waals surface area contributed by atoms with E-state index in [4.69, 9.17) is 10.5 Å². The van der Waals surface area contributed by atoms with Gasteiger partial charge in [-0.3, -0.25) is 0 Å². The van der Waals surface area contributed by atoms with Crippen molar-refractivity contribution in [2.45, 2.75) is 39.3 Å². The smallest absolute Gasteiger partial charge is 0.191 e. The van der Waals surface area contributed by atoms with Crippen molar-refractivity contribution in [1.82, 2.24) is 0 Å². The standard InChI is InChI=1S/C12H17F2NO/c1-4-12(2,3)16-11-9(13)5-8(7-15)6-10(11)14/h5-6H,4,7,15H2,1-3H3. The molecule has 0 radical (unpaired) electrons. The normalized spacial score (nSPS) is 11.6. The molecule has 0 aromatic heterocycles. The van der Waals surface area contributed by atoms with Crippen molar-refractivity contribution in [1.29, 1.82) is 0 Å². The molecule has 0 aliphatic rings. The van der Waals surface area contributed by atoms with E-state index in [0.29, 0.717) is 12.0 Å². The first-order valence-corrected chi connectivity index (χ1v) is 5.26. The maximum Gasteiger partial charge on any atom is 0.191 e. The second-order valence-corrected chi connectivity index (χ2v) is 4.31. The molecular weight excluding hydrogens is 212 g/mol. The van der Waals surface area contributed by atoms with Crippen molar-refractivity contribution in [2.75, 3.05) is 0 Å². The summed E-state index contributed by atoms with van der Waals surface area (Å²) in [6, 6.07) is 2.40. The Morgan fingerprint density at radius 3 is 2.12 bits per heavy atom. The fraction of sp³-hybridized carbons (Fsp3) is 0.500. The quantitative estimate of drug-likeness (QED) is 0.861. The first kappa shape index (κ1) is 12.9. The van der Waals surface area contributed by atoms with Gasteiger partial charge in [-0.2, -0.15) is 0 Å². The Morgan fingerprint density at radius 1 is 1.25 bits per heavy atom. The third-order valence-electron chi connectivity index (χ3n) is 2.52. The van der Waals surface area contributed by atoms with E-state index in [0.717, 1.165) is 0 Å². The summed E-state index contributed by atoms with van der Waals surface area (Å²) in [5.41, 5.74) is 5.14. The van der Waals surface area contributed by atoms with E-state index >= 15 is 0 Å². The number of rotatable bonds is 4. The molecule has 0 spiro atoms. The van der Waals surface area contributed by atoms with Gasteiger partial charge in [0, 0.05) is 6.54 Å². The number of ether oxygens (including phenoxy) is 1. The average Bonchev–Trinajstić information content (AvgIpc) is 2.23. The molecule has 0 saturated carbocycles. The lowest BCUT2D eigenvalue weighted by molar-refractivity contribution is 0.0934. The van der Waals surface area contributed by atoms with Crippen molar-refractivity contribution in [3.05, 3.63) is 29.3 Å². The van der Waals surface area contributed by atoms with E-state index in [1.54, 1.807) is 13.8 Å². The highest BCUT2D eigenvalue weighted by Crippen LogP contribution is 2.28. The van der Waals surface area contributed by atoms with Crippen molar-refractivity contribution < 1.29 is 13.5 Å². The summed E-state index contributed by atoms with van der Waals surface area (Å²) in [4.78, 5) is 0. The minimum absolute atomic E-state index is 0.102. The first-order valence-electron chi connectivity index (χ1n) is 5.26. The van der Waals surface area contributed by atoms with Gasteiger partial charge in [-0.05, 0) is 38.0 Å². The number of benzene rings is 1. The van der Waals surface area contributed by atoms with Crippen LogP contribution in [0, 0.1) is 11.6 Å². The Labute approximate surface area is 94.4 Å². The molecule has 0 saturated heterocycles. The molecule has 0 amide bonds. The van der Waals surface area contributed by atoms with Gasteiger partial charge in [-0.1, -0.05) is 6.92 Å². The van der Waals surface area contributed by atoms with Crippen LogP contribution in [0.5, 0.6) is 5.75 Å². The summed E-state index contributed by atoms with van der Waals surface area (Å²) in [5, 5.41) is 0. The molecule has 1 aromatic rings. The van der Waals surface area contributed by atoms with Crippen molar-refractivity contribution in [3.63, 3.8) is 0 Å². The molecule has 2 nitrogen and oxygen atoms in total. The summed E-state index contributed by atoms with van der Waals surface area (Å²) >= 11 is 0. The van der Waals surface area contributed by atoms with Gasteiger partial charge >= 0.3 is 0 Å². The van der Waals surface area contributed by atoms with Crippen LogP contribution in [0.3, 0.4) is 0 Å². The highest BCUT2D eigenvalue weighted by Gasteiger charge is 2.22. The van der Waals surface area contributed by atoms with Crippen LogP contribution in [0.1, 0.15) is 32.8 Å². The minimum Gasteiger partial charge on any atom is -0.482 e. The van der Waals surface area contributed by atoms with Crippen LogP contribution in [-0.2, 0) is 6.54 Å². The molecule has 0 atom stereocenters. The van der Waals surface area contributed by atoms with Crippen molar-refractivity contribution in [3.8, 4) is 5.75 Å². The van der Waals surface area contributed by atoms with E-state index in [2.05, 4.69) is 0 Å². The molecule has 0 unspecified atom stereocenters. The van der Waals surface area contributed by atoms with E-state index in [1.807, 2.05) is 6.92 Å². The lowest BCUT2D eigenvalue weighted by Gasteiger charge is -2.25. The van der Waals surface area contributed by atoms with Gasteiger partial charge in [-0.25, -0.2) is 8.78 Å². The van der Waals surface area contributed by atoms with Crippen molar-refractivity contribution in [2.24, 2.45) is 5.73 Å². The Balaban J connectivity index is 3.06. The predicted octanol–water partition coefficient (Wildman–Crippen LogP) is 2.99. The largest absolute Gasteiger partial charge is 0.482 e. The van der Waals surface area contributed by atoms with Crippen LogP contribution in [0.4, 0.5) is 8.78 Å². The summed E-state index contributed by atoms with van der Waals surface area (Å²) < 4.78 is 32.4. The van der Waals surface area contributed by atoms with Crippen LogP contribution >= 0.6 is 0 Å². The van der Waals surface area contributed by atoms with Crippen LogP contribution in [-0.4, -0.2) is 5.60 Å². The SMILES string of the molecule is CCC(C)(C)Oc1c(F)cc(CN)cc1F.